The first-order chi connectivity index (χ1) is 16.3. The highest BCUT2D eigenvalue weighted by Crippen LogP contribution is 2.31. The Morgan fingerprint density at radius 3 is 2.34 bits per heavy atom. The number of hydrogen-bond acceptors (Lipinski definition) is 5. The number of sulfonamides is 1. The van der Waals surface area contributed by atoms with E-state index >= 15 is 0 Å². The summed E-state index contributed by atoms with van der Waals surface area (Å²) in [6.07, 6.45) is -3.98. The van der Waals surface area contributed by atoms with Crippen LogP contribution in [0.4, 0.5) is 24.5 Å². The summed E-state index contributed by atoms with van der Waals surface area (Å²) in [6.45, 7) is 5.54. The van der Waals surface area contributed by atoms with E-state index in [2.05, 4.69) is 14.8 Å². The predicted molar refractivity (Wildman–Crippen MR) is 123 cm³/mol. The molecule has 0 saturated heterocycles. The zero-order valence-electron chi connectivity index (χ0n) is 19.3. The van der Waals surface area contributed by atoms with Crippen LogP contribution in [-0.4, -0.2) is 39.2 Å². The van der Waals surface area contributed by atoms with Gasteiger partial charge in [-0.25, -0.2) is 8.42 Å². The molecule has 0 aromatic heterocycles. The minimum Gasteiger partial charge on any atom is -0.406 e. The second kappa shape index (κ2) is 10.2. The van der Waals surface area contributed by atoms with Gasteiger partial charge in [-0.15, -0.1) is 13.2 Å². The SMILES string of the molecule is CCC(=O)N1CCc2cc(S(=O)(=O)N[C@H](C(=O)Nc3ccc(OC(F)(F)F)cc3)C(C)C)ccc21. The van der Waals surface area contributed by atoms with Crippen molar-refractivity contribution in [2.75, 3.05) is 16.8 Å². The monoisotopic (exact) mass is 513 g/mol. The maximum absolute atomic E-state index is 13.1. The summed E-state index contributed by atoms with van der Waals surface area (Å²) in [7, 11) is -4.09. The van der Waals surface area contributed by atoms with Crippen molar-refractivity contribution in [2.24, 2.45) is 5.92 Å². The quantitative estimate of drug-likeness (QED) is 0.558. The van der Waals surface area contributed by atoms with Crippen molar-refractivity contribution in [3.05, 3.63) is 48.0 Å². The number of anilines is 2. The Morgan fingerprint density at radius 1 is 1.11 bits per heavy atom. The molecule has 1 aliphatic heterocycles. The number of hydrogen-bond donors (Lipinski definition) is 2. The van der Waals surface area contributed by atoms with Crippen LogP contribution in [0.15, 0.2) is 47.4 Å². The standard InChI is InChI=1S/C23H26F3N3O5S/c1-4-20(30)29-12-11-15-13-18(9-10-19(15)29)35(32,33)28-21(14(2)3)22(31)27-16-5-7-17(8-6-16)34-23(24,25)26/h5-10,13-14,21,28H,4,11-12H2,1-3H3,(H,27,31)/t21-/m0/s1. The summed E-state index contributed by atoms with van der Waals surface area (Å²) in [5.41, 5.74) is 1.57. The van der Waals surface area contributed by atoms with Crippen LogP contribution < -0.4 is 19.7 Å². The summed E-state index contributed by atoms with van der Waals surface area (Å²) in [4.78, 5) is 26.5. The summed E-state index contributed by atoms with van der Waals surface area (Å²) >= 11 is 0. The Hall–Kier alpha value is -3.12. The number of nitrogens with one attached hydrogen (secondary N) is 2. The van der Waals surface area contributed by atoms with Crippen LogP contribution in [0.1, 0.15) is 32.8 Å². The molecule has 2 aromatic rings. The smallest absolute Gasteiger partial charge is 0.406 e. The molecule has 1 atom stereocenters. The number of carbonyl (C=O) groups is 2. The molecule has 35 heavy (non-hydrogen) atoms. The van der Waals surface area contributed by atoms with E-state index in [-0.39, 0.29) is 16.5 Å². The third kappa shape index (κ3) is 6.51. The van der Waals surface area contributed by atoms with Gasteiger partial charge in [-0.1, -0.05) is 20.8 Å². The highest BCUT2D eigenvalue weighted by atomic mass is 32.2. The van der Waals surface area contributed by atoms with Crippen LogP contribution in [0, 0.1) is 5.92 Å². The highest BCUT2D eigenvalue weighted by molar-refractivity contribution is 7.89. The van der Waals surface area contributed by atoms with Gasteiger partial charge in [-0.2, -0.15) is 4.72 Å². The van der Waals surface area contributed by atoms with E-state index in [9.17, 15) is 31.2 Å². The molecule has 1 heterocycles. The number of benzene rings is 2. The third-order valence-corrected chi connectivity index (χ3v) is 6.89. The third-order valence-electron chi connectivity index (χ3n) is 5.45. The molecule has 0 radical (unpaired) electrons. The topological polar surface area (TPSA) is 105 Å². The molecule has 0 aliphatic carbocycles. The van der Waals surface area contributed by atoms with Crippen molar-refractivity contribution in [1.29, 1.82) is 0 Å². The second-order valence-electron chi connectivity index (χ2n) is 8.34. The Labute approximate surface area is 201 Å². The van der Waals surface area contributed by atoms with Gasteiger partial charge in [-0.05, 0) is 60.4 Å². The average molecular weight is 514 g/mol. The summed E-state index contributed by atoms with van der Waals surface area (Å²) in [6, 6.07) is 7.82. The number of carbonyl (C=O) groups excluding carboxylic acids is 2. The molecule has 0 fully saturated rings. The van der Waals surface area contributed by atoms with E-state index in [0.717, 1.165) is 17.7 Å². The molecular weight excluding hydrogens is 487 g/mol. The zero-order valence-corrected chi connectivity index (χ0v) is 20.2. The molecule has 3 rings (SSSR count). The average Bonchev–Trinajstić information content (AvgIpc) is 3.20. The van der Waals surface area contributed by atoms with Crippen molar-refractivity contribution in [3.63, 3.8) is 0 Å². The summed E-state index contributed by atoms with van der Waals surface area (Å²) in [5.74, 6) is -1.61. The molecule has 190 valence electrons. The van der Waals surface area contributed by atoms with Gasteiger partial charge >= 0.3 is 6.36 Å². The molecule has 2 aromatic carbocycles. The fourth-order valence-corrected chi connectivity index (χ4v) is 5.08. The van der Waals surface area contributed by atoms with Crippen molar-refractivity contribution in [2.45, 2.75) is 50.9 Å². The van der Waals surface area contributed by atoms with Gasteiger partial charge < -0.3 is 15.0 Å². The molecule has 0 unspecified atom stereocenters. The fraction of sp³-hybridized carbons (Fsp3) is 0.391. The predicted octanol–water partition coefficient (Wildman–Crippen LogP) is 3.83. The van der Waals surface area contributed by atoms with Gasteiger partial charge in [0.2, 0.25) is 21.8 Å². The Kier molecular flexibility index (Phi) is 7.75. The molecule has 8 nitrogen and oxygen atoms in total. The highest BCUT2D eigenvalue weighted by Gasteiger charge is 2.32. The van der Waals surface area contributed by atoms with Crippen LogP contribution >= 0.6 is 0 Å². The van der Waals surface area contributed by atoms with Crippen LogP contribution in [0.2, 0.25) is 0 Å². The fourth-order valence-electron chi connectivity index (χ4n) is 3.68. The van der Waals surface area contributed by atoms with Crippen LogP contribution in [-0.2, 0) is 26.0 Å². The van der Waals surface area contributed by atoms with Gasteiger partial charge in [0.25, 0.3) is 0 Å². The largest absolute Gasteiger partial charge is 0.573 e. The number of alkyl halides is 3. The number of amides is 2. The van der Waals surface area contributed by atoms with Gasteiger partial charge in [-0.3, -0.25) is 9.59 Å². The van der Waals surface area contributed by atoms with Crippen LogP contribution in [0.3, 0.4) is 0 Å². The Morgan fingerprint density at radius 2 is 1.77 bits per heavy atom. The van der Waals surface area contributed by atoms with Crippen molar-refractivity contribution >= 4 is 33.2 Å². The molecule has 0 bridgehead atoms. The minimum absolute atomic E-state index is 0.0332. The number of rotatable bonds is 8. The first kappa shape index (κ1) is 26.5. The lowest BCUT2D eigenvalue weighted by molar-refractivity contribution is -0.274. The first-order valence-corrected chi connectivity index (χ1v) is 12.4. The summed E-state index contributed by atoms with van der Waals surface area (Å²) in [5, 5.41) is 2.51. The lowest BCUT2D eigenvalue weighted by Crippen LogP contribution is -2.47. The van der Waals surface area contributed by atoms with E-state index in [1.165, 1.54) is 24.3 Å². The van der Waals surface area contributed by atoms with Gasteiger partial charge in [0.05, 0.1) is 4.90 Å². The molecule has 0 spiro atoms. The van der Waals surface area contributed by atoms with Crippen LogP contribution in [0.5, 0.6) is 5.75 Å². The first-order valence-electron chi connectivity index (χ1n) is 10.9. The van der Waals surface area contributed by atoms with E-state index in [1.807, 2.05) is 0 Å². The van der Waals surface area contributed by atoms with Crippen LogP contribution in [0.25, 0.3) is 0 Å². The van der Waals surface area contributed by atoms with Crippen molar-refractivity contribution in [3.8, 4) is 5.75 Å². The van der Waals surface area contributed by atoms with Gasteiger partial charge in [0, 0.05) is 24.3 Å². The minimum atomic E-state index is -4.84. The van der Waals surface area contributed by atoms with Crippen molar-refractivity contribution in [1.82, 2.24) is 4.72 Å². The maximum Gasteiger partial charge on any atom is 0.573 e. The molecule has 1 aliphatic rings. The molecule has 0 saturated carbocycles. The van der Waals surface area contributed by atoms with Crippen molar-refractivity contribution < 1.29 is 35.9 Å². The number of fused-ring (bicyclic) bond motifs is 1. The van der Waals surface area contributed by atoms with Gasteiger partial charge in [0.15, 0.2) is 0 Å². The molecule has 2 amide bonds. The van der Waals surface area contributed by atoms with E-state index < -0.39 is 40.0 Å². The normalized spacial score (nSPS) is 14.5. The number of nitrogens with zero attached hydrogens (tertiary/aromatic N) is 1. The van der Waals surface area contributed by atoms with E-state index in [0.29, 0.717) is 25.1 Å². The second-order valence-corrected chi connectivity index (χ2v) is 10.1. The zero-order chi connectivity index (χ0) is 26.0. The molecular formula is C23H26F3N3O5S. The summed E-state index contributed by atoms with van der Waals surface area (Å²) < 4.78 is 69.3. The molecule has 12 heteroatoms. The number of ether oxygens (including phenoxy) is 1. The van der Waals surface area contributed by atoms with E-state index in [4.69, 9.17) is 0 Å². The van der Waals surface area contributed by atoms with Gasteiger partial charge in [0.1, 0.15) is 11.8 Å². The number of halogens is 3. The van der Waals surface area contributed by atoms with E-state index in [1.54, 1.807) is 31.7 Å². The lowest BCUT2D eigenvalue weighted by atomic mass is 10.0. The Balaban J connectivity index is 1.74. The molecule has 2 N–H and O–H groups in total. The lowest BCUT2D eigenvalue weighted by Gasteiger charge is -2.22. The Bertz CT molecular complexity index is 1200. The maximum atomic E-state index is 13.1.